The average molecular weight is 431 g/mol. The van der Waals surface area contributed by atoms with E-state index in [4.69, 9.17) is 0 Å². The quantitative estimate of drug-likeness (QED) is 0.762. The predicted molar refractivity (Wildman–Crippen MR) is 116 cm³/mol. The first-order valence-corrected chi connectivity index (χ1v) is 12.1. The zero-order valence-electron chi connectivity index (χ0n) is 17.9. The van der Waals surface area contributed by atoms with Crippen LogP contribution in [0.15, 0.2) is 23.1 Å². The maximum atomic E-state index is 13.8. The Balaban J connectivity index is 1.70. The maximum Gasteiger partial charge on any atom is 0.243 e. The van der Waals surface area contributed by atoms with E-state index in [9.17, 15) is 13.2 Å². The minimum absolute atomic E-state index is 0.00322. The number of hydrogen-bond acceptors (Lipinski definition) is 4. The SMILES string of the molecule is CC(=O)Nc1ccc(S(=O)(=O)N(Cc2nn(C)c3c2CCC3)C2CCCC2)c(C)c1. The van der Waals surface area contributed by atoms with Gasteiger partial charge in [-0.15, -0.1) is 0 Å². The second-order valence-corrected chi connectivity index (χ2v) is 10.4. The third kappa shape index (κ3) is 3.90. The Morgan fingerprint density at radius 2 is 1.97 bits per heavy atom. The molecule has 0 saturated heterocycles. The van der Waals surface area contributed by atoms with Crippen LogP contribution in [0.1, 0.15) is 61.5 Å². The summed E-state index contributed by atoms with van der Waals surface area (Å²) in [5.41, 5.74) is 4.61. The van der Waals surface area contributed by atoms with Crippen LogP contribution in [0.3, 0.4) is 0 Å². The first kappa shape index (κ1) is 21.1. The summed E-state index contributed by atoms with van der Waals surface area (Å²) in [7, 11) is -1.74. The summed E-state index contributed by atoms with van der Waals surface area (Å²) in [4.78, 5) is 11.6. The molecule has 7 nitrogen and oxygen atoms in total. The second kappa shape index (κ2) is 8.15. The van der Waals surface area contributed by atoms with Crippen molar-refractivity contribution < 1.29 is 13.2 Å². The summed E-state index contributed by atoms with van der Waals surface area (Å²) in [5, 5.41) is 7.40. The van der Waals surface area contributed by atoms with Gasteiger partial charge in [-0.2, -0.15) is 9.40 Å². The molecule has 1 N–H and O–H groups in total. The fraction of sp³-hybridized carbons (Fsp3) is 0.545. The van der Waals surface area contributed by atoms with Crippen molar-refractivity contribution in [2.24, 2.45) is 7.05 Å². The number of carbonyl (C=O) groups is 1. The van der Waals surface area contributed by atoms with E-state index < -0.39 is 10.0 Å². The number of hydrogen-bond donors (Lipinski definition) is 1. The number of rotatable bonds is 6. The summed E-state index contributed by atoms with van der Waals surface area (Å²) in [6.07, 6.45) is 6.97. The van der Waals surface area contributed by atoms with Gasteiger partial charge in [-0.3, -0.25) is 9.48 Å². The Labute approximate surface area is 178 Å². The van der Waals surface area contributed by atoms with Crippen LogP contribution >= 0.6 is 0 Å². The lowest BCUT2D eigenvalue weighted by atomic mass is 10.2. The van der Waals surface area contributed by atoms with Crippen LogP contribution in [-0.4, -0.2) is 34.5 Å². The highest BCUT2D eigenvalue weighted by Crippen LogP contribution is 2.34. The van der Waals surface area contributed by atoms with Crippen molar-refractivity contribution >= 4 is 21.6 Å². The highest BCUT2D eigenvalue weighted by atomic mass is 32.2. The van der Waals surface area contributed by atoms with Crippen LogP contribution in [0.4, 0.5) is 5.69 Å². The molecule has 1 amide bonds. The van der Waals surface area contributed by atoms with Crippen LogP contribution in [0.25, 0.3) is 0 Å². The molecular weight excluding hydrogens is 400 g/mol. The Bertz CT molecular complexity index is 1070. The number of aromatic nitrogens is 2. The monoisotopic (exact) mass is 430 g/mol. The molecule has 0 atom stereocenters. The highest BCUT2D eigenvalue weighted by molar-refractivity contribution is 7.89. The topological polar surface area (TPSA) is 84.3 Å². The van der Waals surface area contributed by atoms with Crippen molar-refractivity contribution in [2.45, 2.75) is 76.3 Å². The molecule has 1 aromatic heterocycles. The fourth-order valence-corrected chi connectivity index (χ4v) is 6.77. The number of fused-ring (bicyclic) bond motifs is 1. The van der Waals surface area contributed by atoms with E-state index in [0.29, 0.717) is 22.7 Å². The summed E-state index contributed by atoms with van der Waals surface area (Å²) in [6, 6.07) is 5.00. The zero-order chi connectivity index (χ0) is 21.5. The van der Waals surface area contributed by atoms with Gasteiger partial charge in [-0.1, -0.05) is 12.8 Å². The highest BCUT2D eigenvalue weighted by Gasteiger charge is 2.36. The van der Waals surface area contributed by atoms with Gasteiger partial charge >= 0.3 is 0 Å². The van der Waals surface area contributed by atoms with Crippen LogP contribution < -0.4 is 5.32 Å². The largest absolute Gasteiger partial charge is 0.326 e. The van der Waals surface area contributed by atoms with E-state index >= 15 is 0 Å². The van der Waals surface area contributed by atoms with E-state index in [0.717, 1.165) is 50.6 Å². The third-order valence-electron chi connectivity index (χ3n) is 6.32. The van der Waals surface area contributed by atoms with E-state index in [1.54, 1.807) is 29.4 Å². The molecule has 1 fully saturated rings. The molecule has 162 valence electrons. The van der Waals surface area contributed by atoms with Gasteiger partial charge in [0, 0.05) is 31.4 Å². The smallest absolute Gasteiger partial charge is 0.243 e. The van der Waals surface area contributed by atoms with E-state index in [2.05, 4.69) is 10.4 Å². The Morgan fingerprint density at radius 3 is 2.63 bits per heavy atom. The summed E-state index contributed by atoms with van der Waals surface area (Å²) in [5.74, 6) is -0.179. The molecule has 0 bridgehead atoms. The van der Waals surface area contributed by atoms with Crippen molar-refractivity contribution in [1.29, 1.82) is 0 Å². The fourth-order valence-electron chi connectivity index (χ4n) is 4.92. The molecule has 4 rings (SSSR count). The van der Waals surface area contributed by atoms with Crippen molar-refractivity contribution in [1.82, 2.24) is 14.1 Å². The van der Waals surface area contributed by atoms with Crippen LogP contribution in [0.2, 0.25) is 0 Å². The average Bonchev–Trinajstić information content (AvgIpc) is 3.39. The van der Waals surface area contributed by atoms with Gasteiger partial charge in [0.25, 0.3) is 0 Å². The molecule has 0 spiro atoms. The molecule has 2 aliphatic rings. The minimum Gasteiger partial charge on any atom is -0.326 e. The van der Waals surface area contributed by atoms with Gasteiger partial charge in [0.15, 0.2) is 0 Å². The summed E-state index contributed by atoms with van der Waals surface area (Å²) < 4.78 is 31.2. The van der Waals surface area contributed by atoms with Crippen molar-refractivity contribution in [3.8, 4) is 0 Å². The van der Waals surface area contributed by atoms with Crippen LogP contribution in [-0.2, 0) is 41.3 Å². The number of nitrogens with one attached hydrogen (secondary N) is 1. The molecule has 0 radical (unpaired) electrons. The number of aryl methyl sites for hydroxylation is 2. The molecule has 30 heavy (non-hydrogen) atoms. The summed E-state index contributed by atoms with van der Waals surface area (Å²) >= 11 is 0. The van der Waals surface area contributed by atoms with Crippen LogP contribution in [0.5, 0.6) is 0 Å². The molecule has 1 saturated carbocycles. The lowest BCUT2D eigenvalue weighted by Gasteiger charge is -2.28. The Morgan fingerprint density at radius 1 is 1.23 bits per heavy atom. The first-order chi connectivity index (χ1) is 14.3. The molecule has 0 aliphatic heterocycles. The zero-order valence-corrected chi connectivity index (χ0v) is 18.8. The molecule has 0 unspecified atom stereocenters. The maximum absolute atomic E-state index is 13.8. The molecule has 1 heterocycles. The first-order valence-electron chi connectivity index (χ1n) is 10.7. The third-order valence-corrected chi connectivity index (χ3v) is 8.38. The van der Waals surface area contributed by atoms with E-state index in [-0.39, 0.29) is 11.9 Å². The normalized spacial score (nSPS) is 16.9. The molecule has 8 heteroatoms. The predicted octanol–water partition coefficient (Wildman–Crippen LogP) is 3.31. The van der Waals surface area contributed by atoms with Gasteiger partial charge in [0.1, 0.15) is 0 Å². The number of sulfonamides is 1. The number of amides is 1. The lowest BCUT2D eigenvalue weighted by molar-refractivity contribution is -0.114. The summed E-state index contributed by atoms with van der Waals surface area (Å²) in [6.45, 7) is 3.54. The van der Waals surface area contributed by atoms with E-state index in [1.165, 1.54) is 18.2 Å². The van der Waals surface area contributed by atoms with Gasteiger partial charge in [0.2, 0.25) is 15.9 Å². The van der Waals surface area contributed by atoms with Gasteiger partial charge in [0.05, 0.1) is 17.1 Å². The van der Waals surface area contributed by atoms with Crippen molar-refractivity contribution in [3.05, 3.63) is 40.7 Å². The van der Waals surface area contributed by atoms with Crippen molar-refractivity contribution in [2.75, 3.05) is 5.32 Å². The molecular formula is C22H30N4O3S. The number of benzene rings is 1. The van der Waals surface area contributed by atoms with Gasteiger partial charge in [-0.05, 0) is 68.4 Å². The standard InChI is InChI=1S/C22H30N4O3S/c1-15-13-17(23-16(2)27)11-12-22(15)30(28,29)26(18-7-4-5-8-18)14-20-19-9-6-10-21(19)25(3)24-20/h11-13,18H,4-10,14H2,1-3H3,(H,23,27). The van der Waals surface area contributed by atoms with Crippen molar-refractivity contribution in [3.63, 3.8) is 0 Å². The van der Waals surface area contributed by atoms with Crippen LogP contribution in [0, 0.1) is 6.92 Å². The number of nitrogens with zero attached hydrogens (tertiary/aromatic N) is 3. The second-order valence-electron chi connectivity index (χ2n) is 8.50. The Hall–Kier alpha value is -2.19. The van der Waals surface area contributed by atoms with Gasteiger partial charge in [-0.25, -0.2) is 8.42 Å². The lowest BCUT2D eigenvalue weighted by Crippen LogP contribution is -2.39. The Kier molecular flexibility index (Phi) is 5.72. The number of anilines is 1. The molecule has 2 aromatic rings. The van der Waals surface area contributed by atoms with Gasteiger partial charge < -0.3 is 5.32 Å². The number of carbonyl (C=O) groups excluding carboxylic acids is 1. The molecule has 1 aromatic carbocycles. The van der Waals surface area contributed by atoms with E-state index in [1.807, 2.05) is 11.7 Å². The molecule has 2 aliphatic carbocycles. The minimum atomic E-state index is -3.70.